The molecule has 20 heavy (non-hydrogen) atoms. The largest absolute Gasteiger partial charge is 0.329 e. The fourth-order valence-corrected chi connectivity index (χ4v) is 3.30. The van der Waals surface area contributed by atoms with Gasteiger partial charge in [0.2, 0.25) is 0 Å². The van der Waals surface area contributed by atoms with E-state index in [2.05, 4.69) is 41.5 Å². The van der Waals surface area contributed by atoms with Gasteiger partial charge in [-0.2, -0.15) is 5.10 Å². The Hall–Kier alpha value is -0.870. The molecule has 2 N–H and O–H groups in total. The number of aromatic nitrogens is 2. The molecule has 1 aromatic heterocycles. The molecule has 1 saturated heterocycles. The standard InChI is InChI=1S/C16H30N4/c1-4-13-7-8-19(15(9-13)11-17)12-16-10-14(5-2)18-20(16)6-3/h10,13,15H,4-9,11-12,17H2,1-3H3. The Labute approximate surface area is 123 Å². The zero-order valence-electron chi connectivity index (χ0n) is 13.3. The second-order valence-electron chi connectivity index (χ2n) is 5.95. The normalized spacial score (nSPS) is 24.2. The first-order valence-corrected chi connectivity index (χ1v) is 8.21. The van der Waals surface area contributed by atoms with E-state index in [1.165, 1.54) is 37.2 Å². The highest BCUT2D eigenvalue weighted by molar-refractivity contribution is 5.11. The number of hydrogen-bond donors (Lipinski definition) is 1. The van der Waals surface area contributed by atoms with Crippen LogP contribution in [-0.2, 0) is 19.5 Å². The smallest absolute Gasteiger partial charge is 0.0625 e. The van der Waals surface area contributed by atoms with Crippen molar-refractivity contribution in [1.29, 1.82) is 0 Å². The van der Waals surface area contributed by atoms with Crippen molar-refractivity contribution in [3.63, 3.8) is 0 Å². The predicted octanol–water partition coefficient (Wildman–Crippen LogP) is 2.41. The number of rotatable bonds is 6. The van der Waals surface area contributed by atoms with Crippen molar-refractivity contribution >= 4 is 0 Å². The zero-order chi connectivity index (χ0) is 14.5. The van der Waals surface area contributed by atoms with E-state index in [0.29, 0.717) is 6.04 Å². The van der Waals surface area contributed by atoms with E-state index in [-0.39, 0.29) is 0 Å². The van der Waals surface area contributed by atoms with E-state index >= 15 is 0 Å². The maximum atomic E-state index is 6.00. The highest BCUT2D eigenvalue weighted by Gasteiger charge is 2.27. The van der Waals surface area contributed by atoms with E-state index in [1.807, 2.05) is 0 Å². The lowest BCUT2D eigenvalue weighted by molar-refractivity contribution is 0.104. The van der Waals surface area contributed by atoms with Crippen LogP contribution in [-0.4, -0.2) is 33.8 Å². The molecule has 0 aliphatic carbocycles. The summed E-state index contributed by atoms with van der Waals surface area (Å²) in [6, 6.07) is 2.81. The summed E-state index contributed by atoms with van der Waals surface area (Å²) in [6.45, 7) is 10.5. The van der Waals surface area contributed by atoms with Crippen LogP contribution in [0, 0.1) is 5.92 Å². The summed E-state index contributed by atoms with van der Waals surface area (Å²) < 4.78 is 2.15. The van der Waals surface area contributed by atoms with Gasteiger partial charge in [0.25, 0.3) is 0 Å². The average Bonchev–Trinajstić information content (AvgIpc) is 2.89. The summed E-state index contributed by atoms with van der Waals surface area (Å²) >= 11 is 0. The summed E-state index contributed by atoms with van der Waals surface area (Å²) in [5.41, 5.74) is 8.55. The topological polar surface area (TPSA) is 47.1 Å². The lowest BCUT2D eigenvalue weighted by atomic mass is 9.89. The van der Waals surface area contributed by atoms with Gasteiger partial charge >= 0.3 is 0 Å². The van der Waals surface area contributed by atoms with Crippen molar-refractivity contribution in [3.05, 3.63) is 17.5 Å². The molecule has 1 aliphatic rings. The van der Waals surface area contributed by atoms with Crippen LogP contribution in [0.15, 0.2) is 6.07 Å². The third kappa shape index (κ3) is 3.41. The molecule has 0 amide bonds. The van der Waals surface area contributed by atoms with Gasteiger partial charge in [-0.15, -0.1) is 0 Å². The van der Waals surface area contributed by atoms with Gasteiger partial charge in [0.05, 0.1) is 11.4 Å². The second-order valence-corrected chi connectivity index (χ2v) is 5.95. The third-order valence-corrected chi connectivity index (χ3v) is 4.74. The molecule has 0 spiro atoms. The minimum Gasteiger partial charge on any atom is -0.329 e. The summed E-state index contributed by atoms with van der Waals surface area (Å²) in [5.74, 6) is 0.863. The molecule has 114 valence electrons. The molecular weight excluding hydrogens is 248 g/mol. The van der Waals surface area contributed by atoms with E-state index in [4.69, 9.17) is 5.73 Å². The fraction of sp³-hybridized carbons (Fsp3) is 0.812. The Kier molecular flexibility index (Phi) is 5.61. The lowest BCUT2D eigenvalue weighted by Gasteiger charge is -2.38. The van der Waals surface area contributed by atoms with Crippen molar-refractivity contribution in [3.8, 4) is 0 Å². The molecule has 1 aliphatic heterocycles. The van der Waals surface area contributed by atoms with E-state index in [9.17, 15) is 0 Å². The first-order chi connectivity index (χ1) is 9.71. The summed E-state index contributed by atoms with van der Waals surface area (Å²) in [4.78, 5) is 2.56. The summed E-state index contributed by atoms with van der Waals surface area (Å²) in [6.07, 6.45) is 4.87. The van der Waals surface area contributed by atoms with Crippen molar-refractivity contribution in [2.75, 3.05) is 13.1 Å². The third-order valence-electron chi connectivity index (χ3n) is 4.74. The summed E-state index contributed by atoms with van der Waals surface area (Å²) in [5, 5.41) is 4.65. The van der Waals surface area contributed by atoms with Crippen molar-refractivity contribution in [1.82, 2.24) is 14.7 Å². The molecule has 2 heterocycles. The molecule has 0 radical (unpaired) electrons. The van der Waals surface area contributed by atoms with Gasteiger partial charge in [-0.05, 0) is 44.7 Å². The van der Waals surface area contributed by atoms with Gasteiger partial charge in [0.1, 0.15) is 0 Å². The Morgan fingerprint density at radius 1 is 1.35 bits per heavy atom. The number of piperidine rings is 1. The SMILES string of the molecule is CCc1cc(CN2CCC(CC)CC2CN)n(CC)n1. The number of aryl methyl sites for hydroxylation is 2. The highest BCUT2D eigenvalue weighted by Crippen LogP contribution is 2.26. The van der Waals surface area contributed by atoms with Crippen molar-refractivity contribution in [2.24, 2.45) is 11.7 Å². The molecular formula is C16H30N4. The van der Waals surface area contributed by atoms with Gasteiger partial charge < -0.3 is 5.73 Å². The fourth-order valence-electron chi connectivity index (χ4n) is 3.30. The Bertz CT molecular complexity index is 413. The quantitative estimate of drug-likeness (QED) is 0.869. The van der Waals surface area contributed by atoms with Gasteiger partial charge in [-0.25, -0.2) is 0 Å². The van der Waals surface area contributed by atoms with Gasteiger partial charge in [-0.1, -0.05) is 20.3 Å². The van der Waals surface area contributed by atoms with E-state index in [0.717, 1.165) is 32.0 Å². The molecule has 0 bridgehead atoms. The molecule has 0 aromatic carbocycles. The van der Waals surface area contributed by atoms with Crippen molar-refractivity contribution < 1.29 is 0 Å². The minimum absolute atomic E-state index is 0.541. The molecule has 0 saturated carbocycles. The van der Waals surface area contributed by atoms with E-state index < -0.39 is 0 Å². The predicted molar refractivity (Wildman–Crippen MR) is 83.5 cm³/mol. The molecule has 1 aromatic rings. The number of likely N-dealkylation sites (tertiary alicyclic amines) is 1. The molecule has 2 rings (SSSR count). The number of hydrogen-bond acceptors (Lipinski definition) is 3. The zero-order valence-corrected chi connectivity index (χ0v) is 13.3. The van der Waals surface area contributed by atoms with Crippen LogP contribution in [0.3, 0.4) is 0 Å². The first-order valence-electron chi connectivity index (χ1n) is 8.21. The Balaban J connectivity index is 2.06. The van der Waals surface area contributed by atoms with Crippen LogP contribution in [0.5, 0.6) is 0 Å². The maximum absolute atomic E-state index is 6.00. The van der Waals surface area contributed by atoms with Crippen LogP contribution in [0.25, 0.3) is 0 Å². The second kappa shape index (κ2) is 7.23. The van der Waals surface area contributed by atoms with E-state index in [1.54, 1.807) is 0 Å². The molecule has 2 atom stereocenters. The van der Waals surface area contributed by atoms with Crippen LogP contribution < -0.4 is 5.73 Å². The van der Waals surface area contributed by atoms with Crippen LogP contribution in [0.4, 0.5) is 0 Å². The lowest BCUT2D eigenvalue weighted by Crippen LogP contribution is -2.46. The Morgan fingerprint density at radius 3 is 2.75 bits per heavy atom. The summed E-state index contributed by atoms with van der Waals surface area (Å²) in [7, 11) is 0. The first kappa shape index (κ1) is 15.5. The van der Waals surface area contributed by atoms with Crippen LogP contribution in [0.2, 0.25) is 0 Å². The maximum Gasteiger partial charge on any atom is 0.0625 e. The monoisotopic (exact) mass is 278 g/mol. The highest BCUT2D eigenvalue weighted by atomic mass is 15.3. The average molecular weight is 278 g/mol. The molecule has 2 unspecified atom stereocenters. The van der Waals surface area contributed by atoms with Gasteiger partial charge in [0, 0.05) is 25.7 Å². The van der Waals surface area contributed by atoms with Crippen molar-refractivity contribution in [2.45, 2.75) is 65.6 Å². The number of nitrogens with two attached hydrogens (primary N) is 1. The molecule has 4 heteroatoms. The van der Waals surface area contributed by atoms with Gasteiger partial charge in [-0.3, -0.25) is 9.58 Å². The molecule has 4 nitrogen and oxygen atoms in total. The van der Waals surface area contributed by atoms with Crippen LogP contribution in [0.1, 0.15) is 51.4 Å². The molecule has 1 fully saturated rings. The Morgan fingerprint density at radius 2 is 2.15 bits per heavy atom. The van der Waals surface area contributed by atoms with Gasteiger partial charge in [0.15, 0.2) is 0 Å². The minimum atomic E-state index is 0.541. The van der Waals surface area contributed by atoms with Crippen LogP contribution >= 0.6 is 0 Å². The number of nitrogens with zero attached hydrogens (tertiary/aromatic N) is 3.